The van der Waals surface area contributed by atoms with Gasteiger partial charge in [-0.3, -0.25) is 19.8 Å². The highest BCUT2D eigenvalue weighted by molar-refractivity contribution is 7.80. The third-order valence-electron chi connectivity index (χ3n) is 3.88. The maximum atomic E-state index is 12.7. The van der Waals surface area contributed by atoms with Crippen molar-refractivity contribution in [1.82, 2.24) is 14.8 Å². The van der Waals surface area contributed by atoms with E-state index in [4.69, 9.17) is 36.0 Å². The third kappa shape index (κ3) is 3.90. The van der Waals surface area contributed by atoms with Crippen LogP contribution in [0.4, 0.5) is 0 Å². The van der Waals surface area contributed by atoms with Gasteiger partial charge in [0.2, 0.25) is 0 Å². The fraction of sp³-hybridized carbons (Fsp3) is 0.0526. The van der Waals surface area contributed by atoms with Gasteiger partial charge in [-0.15, -0.1) is 6.58 Å². The molecular weight excluding hydrogens is 402 g/mol. The zero-order valence-electron chi connectivity index (χ0n) is 14.0. The predicted molar refractivity (Wildman–Crippen MR) is 112 cm³/mol. The van der Waals surface area contributed by atoms with E-state index in [0.717, 1.165) is 5.69 Å². The van der Waals surface area contributed by atoms with E-state index >= 15 is 0 Å². The van der Waals surface area contributed by atoms with Crippen LogP contribution in [0.5, 0.6) is 0 Å². The van der Waals surface area contributed by atoms with Crippen molar-refractivity contribution in [2.45, 2.75) is 0 Å². The lowest BCUT2D eigenvalue weighted by atomic mass is 10.1. The minimum Gasteiger partial charge on any atom is -0.308 e. The first-order chi connectivity index (χ1) is 12.9. The van der Waals surface area contributed by atoms with Crippen molar-refractivity contribution in [3.63, 3.8) is 0 Å². The van der Waals surface area contributed by atoms with Crippen LogP contribution in [0, 0.1) is 4.64 Å². The monoisotopic (exact) mass is 415 g/mol. The van der Waals surface area contributed by atoms with Gasteiger partial charge in [0.15, 0.2) is 5.11 Å². The number of benzene rings is 1. The summed E-state index contributed by atoms with van der Waals surface area (Å²) in [6.07, 6.45) is 4.81. The molecule has 2 heterocycles. The average Bonchev–Trinajstić information content (AvgIpc) is 2.64. The molecule has 0 saturated carbocycles. The molecule has 1 N–H and O–H groups in total. The summed E-state index contributed by atoms with van der Waals surface area (Å²) in [6.45, 7) is 3.81. The van der Waals surface area contributed by atoms with E-state index in [-0.39, 0.29) is 17.2 Å². The second-order valence-corrected chi connectivity index (χ2v) is 6.85. The van der Waals surface area contributed by atoms with Gasteiger partial charge >= 0.3 is 0 Å². The summed E-state index contributed by atoms with van der Waals surface area (Å²) in [7, 11) is 0. The Morgan fingerprint density at radius 3 is 2.52 bits per heavy atom. The van der Waals surface area contributed by atoms with Crippen LogP contribution in [0.1, 0.15) is 5.56 Å². The number of halogens is 1. The molecule has 1 fully saturated rings. The highest BCUT2D eigenvalue weighted by Crippen LogP contribution is 2.19. The Hall–Kier alpha value is -2.61. The molecular formula is C19H14ClN3O2S2. The Labute approximate surface area is 171 Å². The maximum Gasteiger partial charge on any atom is 0.265 e. The van der Waals surface area contributed by atoms with Crippen molar-refractivity contribution in [3.05, 3.63) is 76.0 Å². The molecule has 0 unspecified atom stereocenters. The number of nitrogens with one attached hydrogen (secondary N) is 1. The van der Waals surface area contributed by atoms with Crippen molar-refractivity contribution >= 4 is 59.0 Å². The minimum atomic E-state index is -0.554. The van der Waals surface area contributed by atoms with Crippen LogP contribution in [0.25, 0.3) is 11.8 Å². The second kappa shape index (κ2) is 7.96. The summed E-state index contributed by atoms with van der Waals surface area (Å²) >= 11 is 16.5. The molecule has 0 radical (unpaired) electrons. The molecule has 1 aromatic heterocycles. The number of hydrogen-bond donors (Lipinski definition) is 1. The van der Waals surface area contributed by atoms with Gasteiger partial charge in [0.05, 0.1) is 0 Å². The van der Waals surface area contributed by atoms with Gasteiger partial charge in [0.1, 0.15) is 10.2 Å². The first kappa shape index (κ1) is 19.2. The average molecular weight is 416 g/mol. The number of amides is 2. The molecule has 8 heteroatoms. The zero-order chi connectivity index (χ0) is 19.6. The summed E-state index contributed by atoms with van der Waals surface area (Å²) in [4.78, 5) is 26.2. The van der Waals surface area contributed by atoms with E-state index < -0.39 is 11.8 Å². The summed E-state index contributed by atoms with van der Waals surface area (Å²) < 4.78 is 2.23. The first-order valence-corrected chi connectivity index (χ1v) is 9.09. The van der Waals surface area contributed by atoms with Crippen molar-refractivity contribution < 1.29 is 9.59 Å². The van der Waals surface area contributed by atoms with E-state index in [1.54, 1.807) is 35.0 Å². The number of rotatable bonds is 4. The summed E-state index contributed by atoms with van der Waals surface area (Å²) in [5, 5.41) is 3.19. The number of hydrogen-bond acceptors (Lipinski definition) is 4. The summed E-state index contributed by atoms with van der Waals surface area (Å²) in [5.74, 6) is -1.04. The quantitative estimate of drug-likeness (QED) is 0.358. The van der Waals surface area contributed by atoms with Gasteiger partial charge in [0.25, 0.3) is 11.8 Å². The number of aromatic nitrogens is 1. The molecule has 2 amide bonds. The molecule has 1 aliphatic rings. The molecule has 1 aromatic carbocycles. The fourth-order valence-corrected chi connectivity index (χ4v) is 3.24. The molecule has 27 heavy (non-hydrogen) atoms. The van der Waals surface area contributed by atoms with Crippen LogP contribution in [0.3, 0.4) is 0 Å². The van der Waals surface area contributed by atoms with Gasteiger partial charge in [-0.2, -0.15) is 0 Å². The SMILES string of the molecule is C=CCN1C(=O)C(=Cc2cccn(-c3ccc(Cl)cc3)c2=S)C(=O)NC1=S. The number of carbonyl (C=O) groups is 2. The van der Waals surface area contributed by atoms with E-state index in [1.807, 2.05) is 12.1 Å². The van der Waals surface area contributed by atoms with E-state index in [0.29, 0.717) is 15.2 Å². The van der Waals surface area contributed by atoms with Gasteiger partial charge in [-0.05, 0) is 48.6 Å². The fourth-order valence-electron chi connectivity index (χ4n) is 2.57. The minimum absolute atomic E-state index is 0.0367. The van der Waals surface area contributed by atoms with Crippen LogP contribution < -0.4 is 5.32 Å². The highest BCUT2D eigenvalue weighted by atomic mass is 35.5. The maximum absolute atomic E-state index is 12.7. The molecule has 1 aliphatic heterocycles. The number of pyridine rings is 1. The lowest BCUT2D eigenvalue weighted by Crippen LogP contribution is -2.53. The van der Waals surface area contributed by atoms with Crippen LogP contribution in [-0.2, 0) is 9.59 Å². The molecule has 136 valence electrons. The Morgan fingerprint density at radius 2 is 1.85 bits per heavy atom. The van der Waals surface area contributed by atoms with Gasteiger partial charge in [0, 0.05) is 29.0 Å². The van der Waals surface area contributed by atoms with Crippen molar-refractivity contribution in [3.8, 4) is 5.69 Å². The standard InChI is InChI=1S/C19H14ClN3O2S2/c1-2-9-23-17(25)15(16(24)21-19(23)27)11-12-4-3-10-22(18(12)26)14-7-5-13(20)6-8-14/h2-8,10-11H,1,9H2,(H,21,24,27). The molecule has 0 aliphatic carbocycles. The Balaban J connectivity index is 2.05. The van der Waals surface area contributed by atoms with Crippen LogP contribution in [-0.4, -0.2) is 32.9 Å². The van der Waals surface area contributed by atoms with Crippen LogP contribution in [0.15, 0.2) is 60.8 Å². The van der Waals surface area contributed by atoms with Gasteiger partial charge in [-0.1, -0.05) is 36.0 Å². The van der Waals surface area contributed by atoms with Crippen molar-refractivity contribution in [2.24, 2.45) is 0 Å². The van der Waals surface area contributed by atoms with Crippen molar-refractivity contribution in [2.75, 3.05) is 6.54 Å². The molecule has 0 atom stereocenters. The van der Waals surface area contributed by atoms with E-state index in [1.165, 1.54) is 17.1 Å². The first-order valence-electron chi connectivity index (χ1n) is 7.89. The zero-order valence-corrected chi connectivity index (χ0v) is 16.4. The van der Waals surface area contributed by atoms with E-state index in [2.05, 4.69) is 11.9 Å². The largest absolute Gasteiger partial charge is 0.308 e. The second-order valence-electron chi connectivity index (χ2n) is 5.64. The molecule has 1 saturated heterocycles. The van der Waals surface area contributed by atoms with Crippen LogP contribution in [0.2, 0.25) is 5.02 Å². The smallest absolute Gasteiger partial charge is 0.265 e. The lowest BCUT2D eigenvalue weighted by molar-refractivity contribution is -0.128. The van der Waals surface area contributed by atoms with E-state index in [9.17, 15) is 9.59 Å². The highest BCUT2D eigenvalue weighted by Gasteiger charge is 2.32. The number of carbonyl (C=O) groups excluding carboxylic acids is 2. The molecule has 2 aromatic rings. The third-order valence-corrected chi connectivity index (χ3v) is 4.89. The Bertz CT molecular complexity index is 1040. The lowest BCUT2D eigenvalue weighted by Gasteiger charge is -2.27. The topological polar surface area (TPSA) is 54.3 Å². The molecule has 5 nitrogen and oxygen atoms in total. The number of nitrogens with zero attached hydrogens (tertiary/aromatic N) is 2. The van der Waals surface area contributed by atoms with Gasteiger partial charge in [-0.25, -0.2) is 0 Å². The summed E-state index contributed by atoms with van der Waals surface area (Å²) in [5.41, 5.74) is 1.34. The van der Waals surface area contributed by atoms with Crippen molar-refractivity contribution in [1.29, 1.82) is 0 Å². The predicted octanol–water partition coefficient (Wildman–Crippen LogP) is 3.67. The normalized spacial score (nSPS) is 15.8. The number of thiocarbonyl (C=S) groups is 1. The van der Waals surface area contributed by atoms with Crippen LogP contribution >= 0.6 is 36.0 Å². The summed E-state index contributed by atoms with van der Waals surface area (Å²) in [6, 6.07) is 10.7. The molecule has 3 rings (SSSR count). The Morgan fingerprint density at radius 1 is 1.15 bits per heavy atom. The molecule has 0 spiro atoms. The van der Waals surface area contributed by atoms with Gasteiger partial charge < -0.3 is 4.57 Å². The molecule has 0 bridgehead atoms. The Kier molecular flexibility index (Phi) is 5.65.